The van der Waals surface area contributed by atoms with Crippen LogP contribution in [0.5, 0.6) is 0 Å². The fraction of sp³-hybridized carbons (Fsp3) is 0.333. The first kappa shape index (κ1) is 15.2. The molecule has 0 unspecified atom stereocenters. The minimum Gasteiger partial charge on any atom is -0.477 e. The molecule has 0 aliphatic rings. The van der Waals surface area contributed by atoms with Gasteiger partial charge in [-0.3, -0.25) is 0 Å². The van der Waals surface area contributed by atoms with E-state index in [1.54, 1.807) is 17.8 Å². The summed E-state index contributed by atoms with van der Waals surface area (Å²) in [6.07, 6.45) is 3.61. The summed E-state index contributed by atoms with van der Waals surface area (Å²) in [5.74, 6) is 0.0339. The van der Waals surface area contributed by atoms with E-state index in [0.717, 1.165) is 20.9 Å². The molecule has 2 aromatic rings. The van der Waals surface area contributed by atoms with Crippen molar-refractivity contribution in [2.24, 2.45) is 0 Å². The van der Waals surface area contributed by atoms with E-state index < -0.39 is 5.97 Å². The van der Waals surface area contributed by atoms with Crippen molar-refractivity contribution in [2.45, 2.75) is 36.0 Å². The van der Waals surface area contributed by atoms with Gasteiger partial charge in [0, 0.05) is 15.2 Å². The third kappa shape index (κ3) is 3.46. The summed E-state index contributed by atoms with van der Waals surface area (Å²) in [5, 5.41) is 9.93. The van der Waals surface area contributed by atoms with Gasteiger partial charge in [-0.1, -0.05) is 31.9 Å². The number of aromatic carboxylic acids is 1. The number of carboxylic acids is 1. The first-order chi connectivity index (χ1) is 9.63. The number of hydrogen-bond donors (Lipinski definition) is 2. The average Bonchev–Trinajstić information content (AvgIpc) is 2.45. The van der Waals surface area contributed by atoms with Crippen LogP contribution in [0.15, 0.2) is 34.1 Å². The predicted molar refractivity (Wildman–Crippen MR) is 86.2 cm³/mol. The Morgan fingerprint density at radius 2 is 2.05 bits per heavy atom. The number of aromatic nitrogens is 1. The lowest BCUT2D eigenvalue weighted by molar-refractivity contribution is 0.0691. The quantitative estimate of drug-likeness (QED) is 0.468. The number of carboxylic acid groups (broad SMARTS) is 1. The maximum Gasteiger partial charge on any atom is 0.354 e. The number of nitrogens with zero attached hydrogens (tertiary/aromatic N) is 1. The van der Waals surface area contributed by atoms with Gasteiger partial charge in [-0.15, -0.1) is 24.4 Å². The Morgan fingerprint density at radius 3 is 2.75 bits per heavy atom. The van der Waals surface area contributed by atoms with Gasteiger partial charge in [-0.2, -0.15) is 0 Å². The molecule has 106 valence electrons. The molecule has 3 nitrogen and oxygen atoms in total. The monoisotopic (exact) mass is 307 g/mol. The van der Waals surface area contributed by atoms with Gasteiger partial charge >= 0.3 is 5.97 Å². The van der Waals surface area contributed by atoms with Crippen molar-refractivity contribution in [3.8, 4) is 0 Å². The van der Waals surface area contributed by atoms with Crippen molar-refractivity contribution in [3.05, 3.63) is 30.0 Å². The molecule has 0 bridgehead atoms. The second-order valence-electron chi connectivity index (χ2n) is 4.54. The summed E-state index contributed by atoms with van der Waals surface area (Å²) in [6, 6.07) is 7.29. The maximum absolute atomic E-state index is 11.0. The van der Waals surface area contributed by atoms with E-state index in [1.165, 1.54) is 25.3 Å². The summed E-state index contributed by atoms with van der Waals surface area (Å²) >= 11 is 6.28. The molecule has 1 aromatic carbocycles. The Bertz CT molecular complexity index is 629. The predicted octanol–water partition coefficient (Wildman–Crippen LogP) is 4.50. The summed E-state index contributed by atoms with van der Waals surface area (Å²) < 4.78 is 0. The van der Waals surface area contributed by atoms with Crippen molar-refractivity contribution in [1.82, 2.24) is 4.98 Å². The Labute approximate surface area is 128 Å². The summed E-state index contributed by atoms with van der Waals surface area (Å²) in [7, 11) is 0. The van der Waals surface area contributed by atoms with Crippen LogP contribution in [-0.2, 0) is 0 Å². The SMILES string of the molecule is CCCCCSc1ccc2ccc(C(=O)O)nc2c1S. The standard InChI is InChI=1S/C15H17NO2S2/c1-2-3-4-9-20-12-8-6-10-5-7-11(15(17)18)16-13(10)14(12)19/h5-8,19H,2-4,9H2,1H3,(H,17,18). The maximum atomic E-state index is 11.0. The number of unbranched alkanes of at least 4 members (excludes halogenated alkanes) is 2. The lowest BCUT2D eigenvalue weighted by Crippen LogP contribution is -2.00. The first-order valence-corrected chi connectivity index (χ1v) is 8.05. The second-order valence-corrected chi connectivity index (χ2v) is 6.13. The van der Waals surface area contributed by atoms with Crippen molar-refractivity contribution in [2.75, 3.05) is 5.75 Å². The number of fused-ring (bicyclic) bond motifs is 1. The third-order valence-corrected chi connectivity index (χ3v) is 4.77. The number of benzene rings is 1. The van der Waals surface area contributed by atoms with Crippen molar-refractivity contribution >= 4 is 41.3 Å². The van der Waals surface area contributed by atoms with Gasteiger partial charge in [0.05, 0.1) is 5.52 Å². The number of rotatable bonds is 6. The molecule has 0 aliphatic heterocycles. The molecule has 0 amide bonds. The van der Waals surface area contributed by atoms with Crippen LogP contribution in [0.3, 0.4) is 0 Å². The van der Waals surface area contributed by atoms with Gasteiger partial charge in [0.15, 0.2) is 0 Å². The van der Waals surface area contributed by atoms with Crippen LogP contribution >= 0.6 is 24.4 Å². The molecule has 0 aliphatic carbocycles. The Balaban J connectivity index is 2.28. The van der Waals surface area contributed by atoms with Gasteiger partial charge in [0.2, 0.25) is 0 Å². The third-order valence-electron chi connectivity index (χ3n) is 3.02. The molecule has 5 heteroatoms. The molecule has 1 aromatic heterocycles. The van der Waals surface area contributed by atoms with Crippen molar-refractivity contribution in [3.63, 3.8) is 0 Å². The molecule has 20 heavy (non-hydrogen) atoms. The minimum absolute atomic E-state index is 0.0564. The Morgan fingerprint density at radius 1 is 1.30 bits per heavy atom. The van der Waals surface area contributed by atoms with Crippen molar-refractivity contribution < 1.29 is 9.90 Å². The number of thiol groups is 1. The summed E-state index contributed by atoms with van der Waals surface area (Å²) in [6.45, 7) is 2.18. The van der Waals surface area contributed by atoms with Crippen LogP contribution < -0.4 is 0 Å². The van der Waals surface area contributed by atoms with Crippen LogP contribution in [0.4, 0.5) is 0 Å². The van der Waals surface area contributed by atoms with Crippen LogP contribution in [0.25, 0.3) is 10.9 Å². The molecule has 1 heterocycles. The minimum atomic E-state index is -1.01. The topological polar surface area (TPSA) is 50.2 Å². The lowest BCUT2D eigenvalue weighted by Gasteiger charge is -2.08. The fourth-order valence-electron chi connectivity index (χ4n) is 1.92. The van der Waals surface area contributed by atoms with Crippen LogP contribution in [-0.4, -0.2) is 21.8 Å². The average molecular weight is 307 g/mol. The molecule has 1 N–H and O–H groups in total. The fourth-order valence-corrected chi connectivity index (χ4v) is 3.34. The number of pyridine rings is 1. The molecule has 0 fully saturated rings. The van der Waals surface area contributed by atoms with E-state index >= 15 is 0 Å². The van der Waals surface area contributed by atoms with Gasteiger partial charge in [0.1, 0.15) is 5.69 Å². The van der Waals surface area contributed by atoms with E-state index in [4.69, 9.17) is 5.11 Å². The highest BCUT2D eigenvalue weighted by Gasteiger charge is 2.10. The molecule has 0 spiro atoms. The molecule has 0 saturated heterocycles. The van der Waals surface area contributed by atoms with Gasteiger partial charge in [0.25, 0.3) is 0 Å². The highest BCUT2D eigenvalue weighted by Crippen LogP contribution is 2.32. The van der Waals surface area contributed by atoms with Gasteiger partial charge < -0.3 is 5.11 Å². The molecule has 0 radical (unpaired) electrons. The number of hydrogen-bond acceptors (Lipinski definition) is 4. The molecule has 0 atom stereocenters. The van der Waals surface area contributed by atoms with Crippen LogP contribution in [0.1, 0.15) is 36.7 Å². The zero-order chi connectivity index (χ0) is 14.5. The van der Waals surface area contributed by atoms with Gasteiger partial charge in [-0.05, 0) is 24.3 Å². The summed E-state index contributed by atoms with van der Waals surface area (Å²) in [5.41, 5.74) is 0.717. The molecular weight excluding hydrogens is 290 g/mol. The zero-order valence-electron chi connectivity index (χ0n) is 11.3. The second kappa shape index (κ2) is 6.99. The van der Waals surface area contributed by atoms with Gasteiger partial charge in [-0.25, -0.2) is 9.78 Å². The van der Waals surface area contributed by atoms with E-state index in [0.29, 0.717) is 5.52 Å². The summed E-state index contributed by atoms with van der Waals surface area (Å²) in [4.78, 5) is 17.0. The largest absolute Gasteiger partial charge is 0.477 e. The van der Waals surface area contributed by atoms with E-state index in [2.05, 4.69) is 24.5 Å². The number of carbonyl (C=O) groups is 1. The zero-order valence-corrected chi connectivity index (χ0v) is 13.0. The number of thioether (sulfide) groups is 1. The molecule has 0 saturated carbocycles. The highest BCUT2D eigenvalue weighted by molar-refractivity contribution is 7.99. The van der Waals surface area contributed by atoms with E-state index in [1.807, 2.05) is 12.1 Å². The smallest absolute Gasteiger partial charge is 0.354 e. The Hall–Kier alpha value is -1.20. The molecule has 2 rings (SSSR count). The Kier molecular flexibility index (Phi) is 5.31. The normalized spacial score (nSPS) is 10.9. The van der Waals surface area contributed by atoms with Crippen LogP contribution in [0.2, 0.25) is 0 Å². The highest BCUT2D eigenvalue weighted by atomic mass is 32.2. The van der Waals surface area contributed by atoms with Crippen LogP contribution in [0, 0.1) is 0 Å². The van der Waals surface area contributed by atoms with E-state index in [9.17, 15) is 4.79 Å². The molecular formula is C15H17NO2S2. The van der Waals surface area contributed by atoms with Crippen molar-refractivity contribution in [1.29, 1.82) is 0 Å². The first-order valence-electron chi connectivity index (χ1n) is 6.62. The van der Waals surface area contributed by atoms with E-state index in [-0.39, 0.29) is 5.69 Å². The lowest BCUT2D eigenvalue weighted by atomic mass is 10.2.